The molecule has 0 spiro atoms. The number of hydrogen-bond donors (Lipinski definition) is 1. The summed E-state index contributed by atoms with van der Waals surface area (Å²) in [6.45, 7) is 5.69. The molecule has 1 N–H and O–H groups in total. The number of carbonyl (C=O) groups is 1. The van der Waals surface area contributed by atoms with Gasteiger partial charge in [0, 0.05) is 10.7 Å². The molecule has 0 heterocycles. The molecule has 2 rings (SSSR count). The van der Waals surface area contributed by atoms with Crippen LogP contribution in [0.2, 0.25) is 5.02 Å². The zero-order chi connectivity index (χ0) is 19.3. The molecule has 0 bridgehead atoms. The molecule has 2 aromatic carbocycles. The molecule has 0 aliphatic rings. The first-order valence-corrected chi connectivity index (χ1v) is 9.13. The Morgan fingerprint density at radius 1 is 1.35 bits per heavy atom. The van der Waals surface area contributed by atoms with Gasteiger partial charge in [0.25, 0.3) is 5.91 Å². The van der Waals surface area contributed by atoms with Crippen LogP contribution in [-0.2, 0) is 4.79 Å². The van der Waals surface area contributed by atoms with Gasteiger partial charge in [0.2, 0.25) is 0 Å². The van der Waals surface area contributed by atoms with Crippen molar-refractivity contribution in [2.75, 3.05) is 5.32 Å². The predicted octanol–water partition coefficient (Wildman–Crippen LogP) is 5.74. The molecule has 0 aliphatic carbocycles. The van der Waals surface area contributed by atoms with Crippen molar-refractivity contribution in [1.29, 1.82) is 5.26 Å². The molecule has 0 aliphatic heterocycles. The number of benzene rings is 2. The highest BCUT2D eigenvalue weighted by Crippen LogP contribution is 2.28. The van der Waals surface area contributed by atoms with E-state index in [0.29, 0.717) is 22.0 Å². The molecule has 4 nitrogen and oxygen atoms in total. The largest absolute Gasteiger partial charge is 0.490 e. The second-order valence-electron chi connectivity index (χ2n) is 5.89. The second kappa shape index (κ2) is 8.88. The Morgan fingerprint density at radius 3 is 2.69 bits per heavy atom. The van der Waals surface area contributed by atoms with Gasteiger partial charge in [-0.25, -0.2) is 0 Å². The number of anilines is 1. The Hall–Kier alpha value is -2.29. The van der Waals surface area contributed by atoms with Gasteiger partial charge < -0.3 is 10.1 Å². The van der Waals surface area contributed by atoms with Crippen LogP contribution in [0.1, 0.15) is 25.0 Å². The summed E-state index contributed by atoms with van der Waals surface area (Å²) in [5, 5.41) is 12.6. The third-order valence-electron chi connectivity index (χ3n) is 3.51. The van der Waals surface area contributed by atoms with Crippen LogP contribution in [0.5, 0.6) is 5.75 Å². The number of hydrogen-bond acceptors (Lipinski definition) is 3. The number of ether oxygens (including phenoxy) is 1. The van der Waals surface area contributed by atoms with Crippen LogP contribution >= 0.6 is 27.5 Å². The summed E-state index contributed by atoms with van der Waals surface area (Å²) >= 11 is 9.50. The van der Waals surface area contributed by atoms with Crippen molar-refractivity contribution in [3.05, 3.63) is 62.6 Å². The second-order valence-corrected chi connectivity index (χ2v) is 7.15. The highest BCUT2D eigenvalue weighted by Gasteiger charge is 2.12. The van der Waals surface area contributed by atoms with Crippen LogP contribution in [0.4, 0.5) is 5.69 Å². The van der Waals surface area contributed by atoms with E-state index >= 15 is 0 Å². The van der Waals surface area contributed by atoms with Crippen molar-refractivity contribution in [2.45, 2.75) is 26.9 Å². The molecule has 2 aromatic rings. The van der Waals surface area contributed by atoms with Crippen LogP contribution in [-0.4, -0.2) is 12.0 Å². The minimum Gasteiger partial charge on any atom is -0.490 e. The lowest BCUT2D eigenvalue weighted by atomic mass is 10.1. The van der Waals surface area contributed by atoms with E-state index in [4.69, 9.17) is 16.3 Å². The lowest BCUT2D eigenvalue weighted by Crippen LogP contribution is -2.14. The van der Waals surface area contributed by atoms with Crippen LogP contribution in [0.25, 0.3) is 6.08 Å². The SMILES string of the molecule is Cc1c(Cl)cccc1NC(=O)/C(C#N)=C/c1ccc(OC(C)C)c(Br)c1. The standard InChI is InChI=1S/C20H18BrClN2O2/c1-12(2)26-19-8-7-14(10-16(19)21)9-15(11-23)20(25)24-18-6-4-5-17(22)13(18)3/h4-10,12H,1-3H3,(H,24,25)/b15-9+. The average molecular weight is 434 g/mol. The Bertz CT molecular complexity index is 901. The zero-order valence-corrected chi connectivity index (χ0v) is 17.0. The molecule has 134 valence electrons. The molecule has 0 radical (unpaired) electrons. The number of nitriles is 1. The third-order valence-corrected chi connectivity index (χ3v) is 4.54. The number of nitrogens with zero attached hydrogens (tertiary/aromatic N) is 1. The van der Waals surface area contributed by atoms with Gasteiger partial charge in [0.05, 0.1) is 10.6 Å². The summed E-state index contributed by atoms with van der Waals surface area (Å²) in [4.78, 5) is 12.4. The number of nitrogens with one attached hydrogen (secondary N) is 1. The topological polar surface area (TPSA) is 62.1 Å². The fourth-order valence-electron chi connectivity index (χ4n) is 2.20. The van der Waals surface area contributed by atoms with Gasteiger partial charge in [-0.1, -0.05) is 23.7 Å². The van der Waals surface area contributed by atoms with E-state index in [2.05, 4.69) is 21.2 Å². The molecule has 0 saturated carbocycles. The summed E-state index contributed by atoms with van der Waals surface area (Å²) in [5.74, 6) is 0.214. The Balaban J connectivity index is 2.24. The molecule has 0 fully saturated rings. The average Bonchev–Trinajstić information content (AvgIpc) is 2.58. The van der Waals surface area contributed by atoms with Gasteiger partial charge in [0.1, 0.15) is 17.4 Å². The maximum absolute atomic E-state index is 12.4. The molecular weight excluding hydrogens is 416 g/mol. The van der Waals surface area contributed by atoms with Gasteiger partial charge in [0.15, 0.2) is 0 Å². The number of halogens is 2. The Kier molecular flexibility index (Phi) is 6.84. The Labute approximate surface area is 166 Å². The van der Waals surface area contributed by atoms with E-state index < -0.39 is 5.91 Å². The van der Waals surface area contributed by atoms with E-state index in [9.17, 15) is 10.1 Å². The minimum atomic E-state index is -0.489. The first kappa shape index (κ1) is 20.0. The summed E-state index contributed by atoms with van der Waals surface area (Å²) < 4.78 is 6.41. The van der Waals surface area contributed by atoms with Gasteiger partial charge in [-0.15, -0.1) is 0 Å². The van der Waals surface area contributed by atoms with Crippen LogP contribution in [0.3, 0.4) is 0 Å². The lowest BCUT2D eigenvalue weighted by Gasteiger charge is -2.12. The minimum absolute atomic E-state index is 0.00574. The van der Waals surface area contributed by atoms with Gasteiger partial charge in [-0.3, -0.25) is 4.79 Å². The van der Waals surface area contributed by atoms with Crippen molar-refractivity contribution >= 4 is 45.2 Å². The van der Waals surface area contributed by atoms with E-state index in [0.717, 1.165) is 10.0 Å². The van der Waals surface area contributed by atoms with Crippen LogP contribution in [0, 0.1) is 18.3 Å². The van der Waals surface area contributed by atoms with Crippen LogP contribution < -0.4 is 10.1 Å². The monoisotopic (exact) mass is 432 g/mol. The number of carbonyl (C=O) groups excluding carboxylic acids is 1. The van der Waals surface area contributed by atoms with E-state index in [-0.39, 0.29) is 11.7 Å². The van der Waals surface area contributed by atoms with Gasteiger partial charge in [-0.05, 0) is 78.2 Å². The van der Waals surface area contributed by atoms with Gasteiger partial charge in [-0.2, -0.15) is 5.26 Å². The summed E-state index contributed by atoms with van der Waals surface area (Å²) in [6, 6.07) is 12.5. The number of amides is 1. The van der Waals surface area contributed by atoms with Crippen molar-refractivity contribution in [3.63, 3.8) is 0 Å². The third kappa shape index (κ3) is 5.10. The maximum Gasteiger partial charge on any atom is 0.266 e. The Morgan fingerprint density at radius 2 is 2.08 bits per heavy atom. The molecule has 0 atom stereocenters. The predicted molar refractivity (Wildman–Crippen MR) is 108 cm³/mol. The normalized spacial score (nSPS) is 11.2. The fourth-order valence-corrected chi connectivity index (χ4v) is 2.87. The smallest absolute Gasteiger partial charge is 0.266 e. The zero-order valence-electron chi connectivity index (χ0n) is 14.6. The van der Waals surface area contributed by atoms with Crippen molar-refractivity contribution in [2.24, 2.45) is 0 Å². The fraction of sp³-hybridized carbons (Fsp3) is 0.200. The molecule has 0 aromatic heterocycles. The van der Waals surface area contributed by atoms with E-state index in [1.807, 2.05) is 19.9 Å². The summed E-state index contributed by atoms with van der Waals surface area (Å²) in [6.07, 6.45) is 1.58. The molecule has 26 heavy (non-hydrogen) atoms. The quantitative estimate of drug-likeness (QED) is 0.483. The van der Waals surface area contributed by atoms with Crippen molar-refractivity contribution < 1.29 is 9.53 Å². The van der Waals surface area contributed by atoms with Crippen LogP contribution in [0.15, 0.2) is 46.4 Å². The highest BCUT2D eigenvalue weighted by atomic mass is 79.9. The molecule has 6 heteroatoms. The molecule has 0 unspecified atom stereocenters. The highest BCUT2D eigenvalue weighted by molar-refractivity contribution is 9.10. The lowest BCUT2D eigenvalue weighted by molar-refractivity contribution is -0.112. The van der Waals surface area contributed by atoms with Gasteiger partial charge >= 0.3 is 0 Å². The first-order valence-electron chi connectivity index (χ1n) is 7.96. The van der Waals surface area contributed by atoms with Crippen molar-refractivity contribution in [3.8, 4) is 11.8 Å². The molecule has 1 amide bonds. The first-order chi connectivity index (χ1) is 12.3. The van der Waals surface area contributed by atoms with E-state index in [1.54, 1.807) is 43.3 Å². The van der Waals surface area contributed by atoms with E-state index in [1.165, 1.54) is 6.08 Å². The summed E-state index contributed by atoms with van der Waals surface area (Å²) in [7, 11) is 0. The maximum atomic E-state index is 12.4. The molecule has 0 saturated heterocycles. The van der Waals surface area contributed by atoms with Crippen molar-refractivity contribution in [1.82, 2.24) is 0 Å². The number of rotatable bonds is 5. The summed E-state index contributed by atoms with van der Waals surface area (Å²) in [5.41, 5.74) is 2.03. The molecular formula is C20H18BrClN2O2.